The van der Waals surface area contributed by atoms with Crippen molar-refractivity contribution in [1.82, 2.24) is 10.6 Å². The lowest BCUT2D eigenvalue weighted by atomic mass is 9.82. The van der Waals surface area contributed by atoms with Gasteiger partial charge in [-0.25, -0.2) is 4.79 Å². The first-order valence-electron chi connectivity index (χ1n) is 6.90. The third-order valence-electron chi connectivity index (χ3n) is 3.64. The quantitative estimate of drug-likeness (QED) is 0.666. The van der Waals surface area contributed by atoms with E-state index >= 15 is 0 Å². The molecule has 0 aliphatic carbocycles. The first-order valence-corrected chi connectivity index (χ1v) is 6.90. The molecule has 0 radical (unpaired) electrons. The van der Waals surface area contributed by atoms with Gasteiger partial charge in [-0.2, -0.15) is 0 Å². The molecule has 0 aromatic rings. The van der Waals surface area contributed by atoms with Gasteiger partial charge in [0.05, 0.1) is 0 Å². The molecule has 112 valence electrons. The SMILES string of the molecule is CCC(CNC(=O)NCC(C)C(C)(C)C)CC(=O)O. The van der Waals surface area contributed by atoms with Crippen LogP contribution in [0.15, 0.2) is 0 Å². The smallest absolute Gasteiger partial charge is 0.314 e. The molecule has 19 heavy (non-hydrogen) atoms. The van der Waals surface area contributed by atoms with Gasteiger partial charge in [-0.3, -0.25) is 4.79 Å². The average molecular weight is 272 g/mol. The Balaban J connectivity index is 3.95. The summed E-state index contributed by atoms with van der Waals surface area (Å²) < 4.78 is 0. The van der Waals surface area contributed by atoms with Crippen molar-refractivity contribution in [3.8, 4) is 0 Å². The molecule has 0 heterocycles. The molecule has 0 bridgehead atoms. The number of rotatable bonds is 7. The van der Waals surface area contributed by atoms with E-state index in [1.54, 1.807) is 0 Å². The number of urea groups is 1. The number of carboxylic acids is 1. The Bertz CT molecular complexity index is 298. The number of hydrogen-bond acceptors (Lipinski definition) is 2. The maximum absolute atomic E-state index is 11.6. The molecule has 0 aromatic heterocycles. The molecule has 0 aliphatic rings. The lowest BCUT2D eigenvalue weighted by Crippen LogP contribution is -2.42. The summed E-state index contributed by atoms with van der Waals surface area (Å²) in [6.45, 7) is 11.4. The van der Waals surface area contributed by atoms with Crippen molar-refractivity contribution in [3.05, 3.63) is 0 Å². The van der Waals surface area contributed by atoms with Crippen molar-refractivity contribution in [2.45, 2.75) is 47.5 Å². The van der Waals surface area contributed by atoms with Crippen LogP contribution in [0.4, 0.5) is 4.79 Å². The van der Waals surface area contributed by atoms with E-state index in [1.807, 2.05) is 6.92 Å². The molecule has 0 aliphatic heterocycles. The second kappa shape index (κ2) is 8.02. The molecule has 2 amide bonds. The summed E-state index contributed by atoms with van der Waals surface area (Å²) in [5.41, 5.74) is 0.155. The van der Waals surface area contributed by atoms with E-state index in [0.717, 1.165) is 6.42 Å². The van der Waals surface area contributed by atoms with Crippen molar-refractivity contribution in [2.75, 3.05) is 13.1 Å². The Labute approximate surface area is 116 Å². The van der Waals surface area contributed by atoms with E-state index in [1.165, 1.54) is 0 Å². The van der Waals surface area contributed by atoms with E-state index in [2.05, 4.69) is 38.3 Å². The van der Waals surface area contributed by atoms with Crippen LogP contribution in [0.2, 0.25) is 0 Å². The lowest BCUT2D eigenvalue weighted by molar-refractivity contribution is -0.138. The van der Waals surface area contributed by atoms with Crippen molar-refractivity contribution in [2.24, 2.45) is 17.3 Å². The number of nitrogens with one attached hydrogen (secondary N) is 2. The molecule has 0 saturated heterocycles. The largest absolute Gasteiger partial charge is 0.481 e. The molecule has 3 N–H and O–H groups in total. The van der Waals surface area contributed by atoms with E-state index in [-0.39, 0.29) is 23.8 Å². The molecule has 0 fully saturated rings. The highest BCUT2D eigenvalue weighted by Gasteiger charge is 2.20. The van der Waals surface area contributed by atoms with E-state index < -0.39 is 5.97 Å². The van der Waals surface area contributed by atoms with Gasteiger partial charge in [-0.05, 0) is 17.3 Å². The fourth-order valence-corrected chi connectivity index (χ4v) is 1.46. The molecule has 0 aromatic carbocycles. The Morgan fingerprint density at radius 1 is 1.16 bits per heavy atom. The maximum atomic E-state index is 11.6. The summed E-state index contributed by atoms with van der Waals surface area (Å²) >= 11 is 0. The molecule has 0 saturated carbocycles. The van der Waals surface area contributed by atoms with Gasteiger partial charge in [0.2, 0.25) is 0 Å². The van der Waals surface area contributed by atoms with E-state index in [9.17, 15) is 9.59 Å². The Morgan fingerprint density at radius 2 is 1.68 bits per heavy atom. The summed E-state index contributed by atoms with van der Waals surface area (Å²) in [5.74, 6) is -0.460. The van der Waals surface area contributed by atoms with Crippen LogP contribution in [0, 0.1) is 17.3 Å². The van der Waals surface area contributed by atoms with Crippen molar-refractivity contribution < 1.29 is 14.7 Å². The minimum absolute atomic E-state index is 0.0108. The van der Waals surface area contributed by atoms with Gasteiger partial charge >= 0.3 is 12.0 Å². The molecule has 2 atom stereocenters. The molecule has 2 unspecified atom stereocenters. The molecule has 0 rings (SSSR count). The molecule has 0 spiro atoms. The number of carbonyl (C=O) groups excluding carboxylic acids is 1. The van der Waals surface area contributed by atoms with Crippen LogP contribution in [0.5, 0.6) is 0 Å². The van der Waals surface area contributed by atoms with Gasteiger partial charge in [0.15, 0.2) is 0 Å². The average Bonchev–Trinajstić information content (AvgIpc) is 2.29. The van der Waals surface area contributed by atoms with Crippen molar-refractivity contribution in [1.29, 1.82) is 0 Å². The molecular formula is C14H28N2O3. The highest BCUT2D eigenvalue weighted by atomic mass is 16.4. The predicted octanol–water partition coefficient (Wildman–Crippen LogP) is 2.47. The van der Waals surface area contributed by atoms with Gasteiger partial charge < -0.3 is 15.7 Å². The van der Waals surface area contributed by atoms with Gasteiger partial charge in [0.25, 0.3) is 0 Å². The first-order chi connectivity index (χ1) is 8.66. The van der Waals surface area contributed by atoms with Crippen LogP contribution in [-0.4, -0.2) is 30.2 Å². The van der Waals surface area contributed by atoms with Crippen LogP contribution in [0.3, 0.4) is 0 Å². The minimum atomic E-state index is -0.824. The zero-order valence-electron chi connectivity index (χ0n) is 12.7. The van der Waals surface area contributed by atoms with Crippen molar-refractivity contribution >= 4 is 12.0 Å². The highest BCUT2D eigenvalue weighted by molar-refractivity contribution is 5.74. The molecular weight excluding hydrogens is 244 g/mol. The Hall–Kier alpha value is -1.26. The summed E-state index contributed by atoms with van der Waals surface area (Å²) in [6.07, 6.45) is 0.833. The predicted molar refractivity (Wildman–Crippen MR) is 76.1 cm³/mol. The number of aliphatic carboxylic acids is 1. The van der Waals surface area contributed by atoms with Crippen molar-refractivity contribution in [3.63, 3.8) is 0 Å². The third-order valence-corrected chi connectivity index (χ3v) is 3.64. The van der Waals surface area contributed by atoms with Gasteiger partial charge in [0, 0.05) is 19.5 Å². The van der Waals surface area contributed by atoms with Gasteiger partial charge in [-0.15, -0.1) is 0 Å². The van der Waals surface area contributed by atoms with Gasteiger partial charge in [0.1, 0.15) is 0 Å². The van der Waals surface area contributed by atoms with E-state index in [0.29, 0.717) is 19.0 Å². The third kappa shape index (κ3) is 8.46. The molecule has 5 nitrogen and oxygen atoms in total. The fourth-order valence-electron chi connectivity index (χ4n) is 1.46. The summed E-state index contributed by atoms with van der Waals surface area (Å²) in [5, 5.41) is 14.3. The van der Waals surface area contributed by atoms with Gasteiger partial charge in [-0.1, -0.05) is 41.0 Å². The highest BCUT2D eigenvalue weighted by Crippen LogP contribution is 2.24. The van der Waals surface area contributed by atoms with Crippen LogP contribution in [0.1, 0.15) is 47.5 Å². The number of carbonyl (C=O) groups is 2. The second-order valence-corrected chi connectivity index (χ2v) is 6.23. The zero-order chi connectivity index (χ0) is 15.1. The van der Waals surface area contributed by atoms with E-state index in [4.69, 9.17) is 5.11 Å². The van der Waals surface area contributed by atoms with Crippen LogP contribution in [-0.2, 0) is 4.79 Å². The number of amides is 2. The van der Waals surface area contributed by atoms with Crippen LogP contribution >= 0.6 is 0 Å². The lowest BCUT2D eigenvalue weighted by Gasteiger charge is -2.27. The standard InChI is InChI=1S/C14H28N2O3/c1-6-11(7-12(17)18)9-16-13(19)15-8-10(2)14(3,4)5/h10-11H,6-9H2,1-5H3,(H,17,18)(H2,15,16,19). The monoisotopic (exact) mass is 272 g/mol. The minimum Gasteiger partial charge on any atom is -0.481 e. The zero-order valence-corrected chi connectivity index (χ0v) is 12.7. The topological polar surface area (TPSA) is 78.4 Å². The van der Waals surface area contributed by atoms with Crippen LogP contribution in [0.25, 0.3) is 0 Å². The normalized spacial score (nSPS) is 14.6. The van der Waals surface area contributed by atoms with Crippen LogP contribution < -0.4 is 10.6 Å². The Kier molecular flexibility index (Phi) is 7.49. The maximum Gasteiger partial charge on any atom is 0.314 e. The first kappa shape index (κ1) is 17.7. The summed E-state index contributed by atoms with van der Waals surface area (Å²) in [7, 11) is 0. The molecule has 5 heteroatoms. The fraction of sp³-hybridized carbons (Fsp3) is 0.857. The Morgan fingerprint density at radius 3 is 2.11 bits per heavy atom. The second-order valence-electron chi connectivity index (χ2n) is 6.23. The summed E-state index contributed by atoms with van der Waals surface area (Å²) in [4.78, 5) is 22.2. The number of hydrogen-bond donors (Lipinski definition) is 3. The number of carboxylic acid groups (broad SMARTS) is 1. The summed E-state index contributed by atoms with van der Waals surface area (Å²) in [6, 6.07) is -0.222.